The lowest BCUT2D eigenvalue weighted by atomic mass is 9.48. The van der Waals surface area contributed by atoms with Crippen LogP contribution in [0.4, 0.5) is 13.2 Å². The number of nitrogens with zero attached hydrogens (tertiary/aromatic N) is 1. The average Bonchev–Trinajstić information content (AvgIpc) is 2.33. The van der Waals surface area contributed by atoms with Crippen molar-refractivity contribution in [2.75, 3.05) is 0 Å². The van der Waals surface area contributed by atoms with Gasteiger partial charge >= 0.3 is 6.18 Å². The van der Waals surface area contributed by atoms with Crippen LogP contribution in [0.2, 0.25) is 0 Å². The monoisotopic (exact) mass is 285 g/mol. The Bertz CT molecular complexity index is 478. The zero-order valence-corrected chi connectivity index (χ0v) is 11.1. The van der Waals surface area contributed by atoms with Crippen LogP contribution in [0.15, 0.2) is 16.8 Å². The van der Waals surface area contributed by atoms with Crippen molar-refractivity contribution >= 4 is 5.96 Å². The van der Waals surface area contributed by atoms with Crippen molar-refractivity contribution in [1.82, 2.24) is 5.32 Å². The molecular weight excluding hydrogens is 267 g/mol. The van der Waals surface area contributed by atoms with Crippen LogP contribution in [-0.2, 0) is 0 Å². The number of rotatable bonds is 0. The Balaban J connectivity index is 1.79. The van der Waals surface area contributed by atoms with Crippen molar-refractivity contribution < 1.29 is 13.2 Å². The van der Waals surface area contributed by atoms with E-state index in [1.165, 1.54) is 12.5 Å². The molecule has 4 aliphatic carbocycles. The van der Waals surface area contributed by atoms with Crippen LogP contribution >= 0.6 is 0 Å². The van der Waals surface area contributed by atoms with Gasteiger partial charge in [-0.1, -0.05) is 0 Å². The van der Waals surface area contributed by atoms with E-state index in [4.69, 9.17) is 5.73 Å². The summed E-state index contributed by atoms with van der Waals surface area (Å²) in [4.78, 5) is 4.48. The second-order valence-electron chi connectivity index (χ2n) is 6.87. The number of nitrogens with two attached hydrogens (primary N) is 1. The molecule has 3 nitrogen and oxygen atoms in total. The van der Waals surface area contributed by atoms with E-state index in [-0.39, 0.29) is 17.8 Å². The summed E-state index contributed by atoms with van der Waals surface area (Å²) in [7, 11) is 0. The third-order valence-corrected chi connectivity index (χ3v) is 5.70. The van der Waals surface area contributed by atoms with E-state index in [9.17, 15) is 13.2 Å². The van der Waals surface area contributed by atoms with Crippen LogP contribution in [-0.4, -0.2) is 17.7 Å². The highest BCUT2D eigenvalue weighted by Crippen LogP contribution is 2.61. The SMILES string of the molecule is NC1=NC2(C=C(C(F)(F)F)N1)C1CC3CC(C1)CC2C3. The Hall–Kier alpha value is -1.20. The summed E-state index contributed by atoms with van der Waals surface area (Å²) >= 11 is 0. The van der Waals surface area contributed by atoms with Crippen molar-refractivity contribution in [3.63, 3.8) is 0 Å². The summed E-state index contributed by atoms with van der Waals surface area (Å²) in [5.41, 5.74) is 4.25. The van der Waals surface area contributed by atoms with Crippen molar-refractivity contribution in [3.05, 3.63) is 11.8 Å². The van der Waals surface area contributed by atoms with E-state index >= 15 is 0 Å². The maximum atomic E-state index is 13.1. The zero-order valence-electron chi connectivity index (χ0n) is 11.1. The van der Waals surface area contributed by atoms with Crippen molar-refractivity contribution in [3.8, 4) is 0 Å². The standard InChI is InChI=1S/C14H18F3N3/c15-14(16,17)11-6-13(20-12(18)19-11)9-2-7-1-8(4-9)5-10(13)3-7/h6-10H,1-5H2,(H3,18,19,20). The van der Waals surface area contributed by atoms with Crippen molar-refractivity contribution in [1.29, 1.82) is 0 Å². The van der Waals surface area contributed by atoms with E-state index in [0.717, 1.165) is 25.7 Å². The van der Waals surface area contributed by atoms with Crippen molar-refractivity contribution in [2.24, 2.45) is 34.4 Å². The van der Waals surface area contributed by atoms with Crippen molar-refractivity contribution in [2.45, 2.75) is 43.8 Å². The molecule has 1 spiro atoms. The molecule has 20 heavy (non-hydrogen) atoms. The first-order chi connectivity index (χ1) is 9.37. The van der Waals surface area contributed by atoms with Gasteiger partial charge in [-0.3, -0.25) is 0 Å². The quantitative estimate of drug-likeness (QED) is 0.718. The number of halogens is 3. The van der Waals surface area contributed by atoms with Crippen LogP contribution in [0.1, 0.15) is 32.1 Å². The number of allylic oxidation sites excluding steroid dienone is 1. The summed E-state index contributed by atoms with van der Waals surface area (Å²) in [5.74, 6) is 1.77. The average molecular weight is 285 g/mol. The molecule has 6 heteroatoms. The third kappa shape index (κ3) is 1.63. The van der Waals surface area contributed by atoms with Gasteiger partial charge in [-0.15, -0.1) is 0 Å². The first kappa shape index (κ1) is 12.5. The molecule has 0 aromatic heterocycles. The van der Waals surface area contributed by atoms with Gasteiger partial charge in [0.1, 0.15) is 5.70 Å². The largest absolute Gasteiger partial charge is 0.431 e. The minimum absolute atomic E-state index is 0.0766. The molecule has 4 saturated carbocycles. The number of alkyl halides is 3. The highest BCUT2D eigenvalue weighted by atomic mass is 19.4. The maximum Gasteiger partial charge on any atom is 0.431 e. The van der Waals surface area contributed by atoms with E-state index < -0.39 is 17.4 Å². The number of guanidine groups is 1. The summed E-state index contributed by atoms with van der Waals surface area (Å²) in [6.45, 7) is 0. The van der Waals surface area contributed by atoms with E-state index in [0.29, 0.717) is 11.8 Å². The van der Waals surface area contributed by atoms with Crippen LogP contribution in [0.5, 0.6) is 0 Å². The fourth-order valence-corrected chi connectivity index (χ4v) is 5.18. The lowest BCUT2D eigenvalue weighted by Crippen LogP contribution is -2.59. The molecule has 1 aliphatic heterocycles. The Morgan fingerprint density at radius 3 is 2.15 bits per heavy atom. The second kappa shape index (κ2) is 3.71. The lowest BCUT2D eigenvalue weighted by Gasteiger charge is -2.59. The predicted molar refractivity (Wildman–Crippen MR) is 68.7 cm³/mol. The van der Waals surface area contributed by atoms with Gasteiger partial charge in [0.05, 0.1) is 5.54 Å². The number of aliphatic imine (C=N–C) groups is 1. The molecule has 0 radical (unpaired) electrons. The normalized spacial score (nSPS) is 46.1. The van der Waals surface area contributed by atoms with E-state index in [2.05, 4.69) is 10.3 Å². The Morgan fingerprint density at radius 1 is 1.10 bits per heavy atom. The molecule has 4 fully saturated rings. The van der Waals surface area contributed by atoms with Gasteiger partial charge in [0.2, 0.25) is 0 Å². The van der Waals surface area contributed by atoms with E-state index in [1.54, 1.807) is 0 Å². The molecule has 0 aromatic rings. The summed E-state index contributed by atoms with van der Waals surface area (Å²) in [5, 5.41) is 2.20. The van der Waals surface area contributed by atoms with Gasteiger partial charge in [-0.2, -0.15) is 13.2 Å². The highest BCUT2D eigenvalue weighted by molar-refractivity contribution is 5.82. The molecule has 0 atom stereocenters. The fourth-order valence-electron chi connectivity index (χ4n) is 5.18. The molecule has 5 rings (SSSR count). The van der Waals surface area contributed by atoms with Gasteiger partial charge < -0.3 is 11.1 Å². The van der Waals surface area contributed by atoms with Gasteiger partial charge in [0, 0.05) is 0 Å². The molecule has 0 amide bonds. The smallest absolute Gasteiger partial charge is 0.370 e. The molecule has 110 valence electrons. The Morgan fingerprint density at radius 2 is 1.65 bits per heavy atom. The minimum Gasteiger partial charge on any atom is -0.370 e. The summed E-state index contributed by atoms with van der Waals surface area (Å²) < 4.78 is 39.2. The summed E-state index contributed by atoms with van der Waals surface area (Å²) in [6.07, 6.45) is 2.24. The van der Waals surface area contributed by atoms with Gasteiger partial charge in [0.25, 0.3) is 0 Å². The number of nitrogens with one attached hydrogen (secondary N) is 1. The third-order valence-electron chi connectivity index (χ3n) is 5.70. The fraction of sp³-hybridized carbons (Fsp3) is 0.786. The Kier molecular flexibility index (Phi) is 2.32. The van der Waals surface area contributed by atoms with Crippen LogP contribution in [0, 0.1) is 23.7 Å². The molecule has 4 bridgehead atoms. The first-order valence-corrected chi connectivity index (χ1v) is 7.29. The van der Waals surface area contributed by atoms with E-state index in [1.807, 2.05) is 0 Å². The van der Waals surface area contributed by atoms with Gasteiger partial charge in [0.15, 0.2) is 5.96 Å². The van der Waals surface area contributed by atoms with Gasteiger partial charge in [-0.05, 0) is 61.9 Å². The zero-order chi connectivity index (χ0) is 14.1. The molecule has 1 heterocycles. The summed E-state index contributed by atoms with van der Waals surface area (Å²) in [6, 6.07) is 0. The van der Waals surface area contributed by atoms with Gasteiger partial charge in [-0.25, -0.2) is 4.99 Å². The molecule has 0 saturated heterocycles. The molecular formula is C14H18F3N3. The van der Waals surface area contributed by atoms with Crippen LogP contribution < -0.4 is 11.1 Å². The van der Waals surface area contributed by atoms with Crippen LogP contribution in [0.25, 0.3) is 0 Å². The molecule has 5 aliphatic rings. The highest BCUT2D eigenvalue weighted by Gasteiger charge is 2.58. The predicted octanol–water partition coefficient (Wildman–Crippen LogP) is 2.55. The molecule has 0 aromatic carbocycles. The minimum atomic E-state index is -4.39. The number of hydrogen-bond donors (Lipinski definition) is 2. The first-order valence-electron chi connectivity index (χ1n) is 7.29. The Labute approximate surface area is 115 Å². The maximum absolute atomic E-state index is 13.1. The molecule has 0 unspecified atom stereocenters. The van der Waals surface area contributed by atoms with Crippen LogP contribution in [0.3, 0.4) is 0 Å². The topological polar surface area (TPSA) is 50.4 Å². The lowest BCUT2D eigenvalue weighted by molar-refractivity contribution is -0.0987. The molecule has 3 N–H and O–H groups in total. The second-order valence-corrected chi connectivity index (χ2v) is 6.87. The number of hydrogen-bond acceptors (Lipinski definition) is 3.